The summed E-state index contributed by atoms with van der Waals surface area (Å²) in [5.74, 6) is -3.87. The third-order valence-corrected chi connectivity index (χ3v) is 2.21. The molecule has 0 aliphatic carbocycles. The Balaban J connectivity index is 2.56. The SMILES string of the molecule is CC(=O)c1ccc(-c2cc(F)cc(F)c2F)o1. The number of hydrogen-bond acceptors (Lipinski definition) is 2. The van der Waals surface area contributed by atoms with Crippen LogP contribution in [0.25, 0.3) is 11.3 Å². The van der Waals surface area contributed by atoms with Gasteiger partial charge in [0.25, 0.3) is 0 Å². The highest BCUT2D eigenvalue weighted by atomic mass is 19.2. The van der Waals surface area contributed by atoms with Crippen LogP contribution in [0.15, 0.2) is 28.7 Å². The van der Waals surface area contributed by atoms with Crippen molar-refractivity contribution in [3.63, 3.8) is 0 Å². The quantitative estimate of drug-likeness (QED) is 0.593. The van der Waals surface area contributed by atoms with E-state index in [4.69, 9.17) is 4.42 Å². The van der Waals surface area contributed by atoms with Crippen LogP contribution < -0.4 is 0 Å². The summed E-state index contributed by atoms with van der Waals surface area (Å²) in [6.07, 6.45) is 0. The lowest BCUT2D eigenvalue weighted by Crippen LogP contribution is -1.91. The van der Waals surface area contributed by atoms with E-state index in [1.807, 2.05) is 0 Å². The topological polar surface area (TPSA) is 30.2 Å². The Morgan fingerprint density at radius 2 is 1.88 bits per heavy atom. The van der Waals surface area contributed by atoms with Gasteiger partial charge >= 0.3 is 0 Å². The van der Waals surface area contributed by atoms with Crippen molar-refractivity contribution in [3.05, 3.63) is 47.5 Å². The van der Waals surface area contributed by atoms with Crippen LogP contribution in [0.2, 0.25) is 0 Å². The molecule has 0 amide bonds. The Labute approximate surface area is 94.7 Å². The van der Waals surface area contributed by atoms with Crippen molar-refractivity contribution in [2.45, 2.75) is 6.92 Å². The van der Waals surface area contributed by atoms with Crippen molar-refractivity contribution in [3.8, 4) is 11.3 Å². The molecule has 88 valence electrons. The fraction of sp³-hybridized carbons (Fsp3) is 0.0833. The largest absolute Gasteiger partial charge is 0.453 e. The van der Waals surface area contributed by atoms with E-state index in [1.54, 1.807) is 0 Å². The number of carbonyl (C=O) groups excluding carboxylic acids is 1. The first-order valence-corrected chi connectivity index (χ1v) is 4.74. The Bertz CT molecular complexity index is 587. The minimum Gasteiger partial charge on any atom is -0.453 e. The van der Waals surface area contributed by atoms with E-state index in [0.29, 0.717) is 6.07 Å². The molecule has 0 N–H and O–H groups in total. The Hall–Kier alpha value is -2.04. The van der Waals surface area contributed by atoms with Gasteiger partial charge < -0.3 is 4.42 Å². The average Bonchev–Trinajstić information content (AvgIpc) is 2.72. The first-order valence-electron chi connectivity index (χ1n) is 4.74. The maximum atomic E-state index is 13.4. The van der Waals surface area contributed by atoms with Gasteiger partial charge in [0.1, 0.15) is 11.6 Å². The number of rotatable bonds is 2. The van der Waals surface area contributed by atoms with Crippen molar-refractivity contribution in [1.82, 2.24) is 0 Å². The molecule has 0 saturated carbocycles. The van der Waals surface area contributed by atoms with Crippen LogP contribution in [-0.4, -0.2) is 5.78 Å². The molecule has 0 radical (unpaired) electrons. The monoisotopic (exact) mass is 240 g/mol. The summed E-state index contributed by atoms with van der Waals surface area (Å²) in [6, 6.07) is 3.85. The lowest BCUT2D eigenvalue weighted by atomic mass is 10.1. The maximum absolute atomic E-state index is 13.4. The van der Waals surface area contributed by atoms with Crippen molar-refractivity contribution in [2.75, 3.05) is 0 Å². The maximum Gasteiger partial charge on any atom is 0.194 e. The van der Waals surface area contributed by atoms with Gasteiger partial charge in [-0.3, -0.25) is 4.79 Å². The molecule has 1 aromatic carbocycles. The van der Waals surface area contributed by atoms with Gasteiger partial charge in [0.05, 0.1) is 5.56 Å². The summed E-state index contributed by atoms with van der Waals surface area (Å²) in [6.45, 7) is 1.27. The number of furan rings is 1. The number of ketones is 1. The molecule has 1 heterocycles. The second-order valence-electron chi connectivity index (χ2n) is 3.47. The number of halogens is 3. The number of carbonyl (C=O) groups is 1. The highest BCUT2D eigenvalue weighted by Crippen LogP contribution is 2.27. The predicted molar refractivity (Wildman–Crippen MR) is 54.0 cm³/mol. The third-order valence-electron chi connectivity index (χ3n) is 2.21. The van der Waals surface area contributed by atoms with Crippen molar-refractivity contribution in [1.29, 1.82) is 0 Å². The summed E-state index contributed by atoms with van der Waals surface area (Å²) in [7, 11) is 0. The minimum atomic E-state index is -1.30. The van der Waals surface area contributed by atoms with Gasteiger partial charge in [0, 0.05) is 13.0 Å². The van der Waals surface area contributed by atoms with E-state index < -0.39 is 17.5 Å². The molecule has 5 heteroatoms. The molecule has 0 aliphatic rings. The predicted octanol–water partition coefficient (Wildman–Crippen LogP) is 3.57. The van der Waals surface area contributed by atoms with Crippen LogP contribution >= 0.6 is 0 Å². The molecule has 2 nitrogen and oxygen atoms in total. The second kappa shape index (κ2) is 4.08. The first-order chi connectivity index (χ1) is 7.99. The highest BCUT2D eigenvalue weighted by Gasteiger charge is 2.16. The van der Waals surface area contributed by atoms with Gasteiger partial charge in [-0.15, -0.1) is 0 Å². The molecule has 0 fully saturated rings. The van der Waals surface area contributed by atoms with Gasteiger partial charge in [0.15, 0.2) is 23.2 Å². The van der Waals surface area contributed by atoms with Crippen LogP contribution in [0.1, 0.15) is 17.5 Å². The van der Waals surface area contributed by atoms with Gasteiger partial charge in [-0.05, 0) is 18.2 Å². The molecule has 2 rings (SSSR count). The zero-order valence-corrected chi connectivity index (χ0v) is 8.76. The minimum absolute atomic E-state index is 0.00377. The van der Waals surface area contributed by atoms with Crippen LogP contribution in [-0.2, 0) is 0 Å². The molecular formula is C12H7F3O2. The summed E-state index contributed by atoms with van der Waals surface area (Å²) >= 11 is 0. The molecule has 17 heavy (non-hydrogen) atoms. The molecule has 0 spiro atoms. The number of benzene rings is 1. The van der Waals surface area contributed by atoms with Crippen LogP contribution in [0, 0.1) is 17.5 Å². The van der Waals surface area contributed by atoms with E-state index in [1.165, 1.54) is 19.1 Å². The van der Waals surface area contributed by atoms with Gasteiger partial charge in [-0.2, -0.15) is 0 Å². The van der Waals surface area contributed by atoms with E-state index in [9.17, 15) is 18.0 Å². The average molecular weight is 240 g/mol. The van der Waals surface area contributed by atoms with Gasteiger partial charge in [-0.1, -0.05) is 0 Å². The third kappa shape index (κ3) is 2.08. The lowest BCUT2D eigenvalue weighted by Gasteiger charge is -2.01. The zero-order valence-electron chi connectivity index (χ0n) is 8.76. The summed E-state index contributed by atoms with van der Waals surface area (Å²) in [4.78, 5) is 11.0. The zero-order chi connectivity index (χ0) is 12.6. The Kier molecular flexibility index (Phi) is 2.75. The molecule has 1 aromatic heterocycles. The molecule has 0 aliphatic heterocycles. The fourth-order valence-electron chi connectivity index (χ4n) is 1.41. The van der Waals surface area contributed by atoms with Crippen molar-refractivity contribution >= 4 is 5.78 Å². The molecule has 0 unspecified atom stereocenters. The fourth-order valence-corrected chi connectivity index (χ4v) is 1.41. The smallest absolute Gasteiger partial charge is 0.194 e. The summed E-state index contributed by atoms with van der Waals surface area (Å²) < 4.78 is 44.3. The van der Waals surface area contributed by atoms with Gasteiger partial charge in [0.2, 0.25) is 0 Å². The Morgan fingerprint density at radius 1 is 1.18 bits per heavy atom. The summed E-state index contributed by atoms with van der Waals surface area (Å²) in [5, 5.41) is 0. The summed E-state index contributed by atoms with van der Waals surface area (Å²) in [5.41, 5.74) is -0.352. The Morgan fingerprint density at radius 3 is 2.47 bits per heavy atom. The van der Waals surface area contributed by atoms with Crippen LogP contribution in [0.4, 0.5) is 13.2 Å². The van der Waals surface area contributed by atoms with E-state index in [2.05, 4.69) is 0 Å². The van der Waals surface area contributed by atoms with Gasteiger partial charge in [-0.25, -0.2) is 13.2 Å². The molecule has 2 aromatic rings. The molecule has 0 saturated heterocycles. The molecule has 0 atom stereocenters. The van der Waals surface area contributed by atoms with Crippen LogP contribution in [0.3, 0.4) is 0 Å². The molecular weight excluding hydrogens is 233 g/mol. The highest BCUT2D eigenvalue weighted by molar-refractivity contribution is 5.91. The van der Waals surface area contributed by atoms with Crippen molar-refractivity contribution in [2.24, 2.45) is 0 Å². The standard InChI is InChI=1S/C12H7F3O2/c1-6(16)10-2-3-11(17-10)8-4-7(13)5-9(14)12(8)15/h2-5H,1H3. The van der Waals surface area contributed by atoms with Crippen molar-refractivity contribution < 1.29 is 22.4 Å². The number of Topliss-reactive ketones (excluding diaryl/α,β-unsaturated/α-hetero) is 1. The van der Waals surface area contributed by atoms with E-state index in [0.717, 1.165) is 6.07 Å². The number of hydrogen-bond donors (Lipinski definition) is 0. The van der Waals surface area contributed by atoms with E-state index in [-0.39, 0.29) is 22.9 Å². The first kappa shape index (κ1) is 11.4. The second-order valence-corrected chi connectivity index (χ2v) is 3.47. The van der Waals surface area contributed by atoms with Crippen LogP contribution in [0.5, 0.6) is 0 Å². The lowest BCUT2D eigenvalue weighted by molar-refractivity contribution is 0.0988. The molecule has 0 bridgehead atoms. The van der Waals surface area contributed by atoms with E-state index >= 15 is 0 Å². The normalized spacial score (nSPS) is 10.6.